The number of nitrogens with one attached hydrogen (secondary N) is 1. The molecule has 5 heteroatoms. The molecule has 1 aliphatic carbocycles. The third-order valence-electron chi connectivity index (χ3n) is 4.31. The maximum Gasteiger partial charge on any atom is 0.310 e. The molecule has 0 amide bonds. The van der Waals surface area contributed by atoms with Gasteiger partial charge in [0.2, 0.25) is 0 Å². The van der Waals surface area contributed by atoms with Gasteiger partial charge < -0.3 is 15.2 Å². The van der Waals surface area contributed by atoms with Crippen molar-refractivity contribution in [1.29, 1.82) is 0 Å². The molecule has 1 aromatic rings. The fraction of sp³-hybridized carbons (Fsp3) is 0.688. The van der Waals surface area contributed by atoms with Crippen molar-refractivity contribution in [2.75, 3.05) is 20.3 Å². The average molecular weight is 311 g/mol. The van der Waals surface area contributed by atoms with Crippen LogP contribution in [0.1, 0.15) is 41.9 Å². The summed E-state index contributed by atoms with van der Waals surface area (Å²) in [5.41, 5.74) is 0.0738. The smallest absolute Gasteiger partial charge is 0.310 e. The van der Waals surface area contributed by atoms with Crippen molar-refractivity contribution in [3.05, 3.63) is 21.9 Å². The Morgan fingerprint density at radius 1 is 1.33 bits per heavy atom. The largest absolute Gasteiger partial charge is 0.469 e. The molecule has 0 aromatic carbocycles. The Hall–Kier alpha value is -0.910. The molecule has 1 saturated carbocycles. The highest BCUT2D eigenvalue weighted by Gasteiger charge is 2.30. The standard InChI is InChI=1S/C16H25NO3S/c1-20-15(19)9-13-5-6-14(21-13)10-17-11-16(12-18)7-3-2-4-8-16/h5-6,17-18H,2-4,7-12H2,1H3. The van der Waals surface area contributed by atoms with E-state index >= 15 is 0 Å². The molecule has 0 unspecified atom stereocenters. The number of carbonyl (C=O) groups excluding carboxylic acids is 1. The van der Waals surface area contributed by atoms with Gasteiger partial charge in [0.05, 0.1) is 13.5 Å². The van der Waals surface area contributed by atoms with Crippen LogP contribution in [0.15, 0.2) is 12.1 Å². The van der Waals surface area contributed by atoms with Crippen LogP contribution in [-0.4, -0.2) is 31.3 Å². The van der Waals surface area contributed by atoms with Crippen LogP contribution in [0.2, 0.25) is 0 Å². The van der Waals surface area contributed by atoms with Gasteiger partial charge in [0.15, 0.2) is 0 Å². The lowest BCUT2D eigenvalue weighted by atomic mass is 9.74. The molecule has 1 aromatic heterocycles. The molecule has 118 valence electrons. The highest BCUT2D eigenvalue weighted by atomic mass is 32.1. The lowest BCUT2D eigenvalue weighted by Crippen LogP contribution is -2.38. The molecule has 0 spiro atoms. The number of methoxy groups -OCH3 is 1. The van der Waals surface area contributed by atoms with Crippen molar-refractivity contribution in [2.24, 2.45) is 5.41 Å². The first-order valence-corrected chi connectivity index (χ1v) is 8.45. The van der Waals surface area contributed by atoms with Crippen molar-refractivity contribution in [2.45, 2.75) is 45.1 Å². The summed E-state index contributed by atoms with van der Waals surface area (Å²) in [5, 5.41) is 13.2. The molecule has 0 radical (unpaired) electrons. The van der Waals surface area contributed by atoms with Gasteiger partial charge >= 0.3 is 5.97 Å². The minimum absolute atomic E-state index is 0.0738. The summed E-state index contributed by atoms with van der Waals surface area (Å²) >= 11 is 1.64. The van der Waals surface area contributed by atoms with Crippen LogP contribution in [0.4, 0.5) is 0 Å². The number of esters is 1. The van der Waals surface area contributed by atoms with Crippen molar-refractivity contribution >= 4 is 17.3 Å². The van der Waals surface area contributed by atoms with Crippen LogP contribution in [0, 0.1) is 5.41 Å². The number of hydrogen-bond acceptors (Lipinski definition) is 5. The molecule has 0 aliphatic heterocycles. The predicted octanol–water partition coefficient (Wildman–Crippen LogP) is 2.50. The van der Waals surface area contributed by atoms with Gasteiger partial charge in [0.1, 0.15) is 0 Å². The van der Waals surface area contributed by atoms with E-state index in [9.17, 15) is 9.90 Å². The highest BCUT2D eigenvalue weighted by Crippen LogP contribution is 2.35. The third-order valence-corrected chi connectivity index (χ3v) is 5.40. The Bertz CT molecular complexity index is 452. The number of aliphatic hydroxyl groups excluding tert-OH is 1. The van der Waals surface area contributed by atoms with Gasteiger partial charge in [-0.2, -0.15) is 0 Å². The first-order chi connectivity index (χ1) is 10.2. The number of carbonyl (C=O) groups is 1. The summed E-state index contributed by atoms with van der Waals surface area (Å²) in [6.07, 6.45) is 6.34. The number of hydrogen-bond donors (Lipinski definition) is 2. The topological polar surface area (TPSA) is 58.6 Å². The zero-order valence-corrected chi connectivity index (χ0v) is 13.5. The minimum atomic E-state index is -0.196. The first kappa shape index (κ1) is 16.5. The molecule has 1 heterocycles. The van der Waals surface area contributed by atoms with E-state index in [1.807, 2.05) is 6.07 Å². The van der Waals surface area contributed by atoms with E-state index in [-0.39, 0.29) is 18.0 Å². The SMILES string of the molecule is COC(=O)Cc1ccc(CNCC2(CO)CCCCC2)s1. The van der Waals surface area contributed by atoms with Crippen molar-refractivity contribution in [3.63, 3.8) is 0 Å². The van der Waals surface area contributed by atoms with E-state index in [1.165, 1.54) is 31.2 Å². The maximum absolute atomic E-state index is 11.2. The normalized spacial score (nSPS) is 17.6. The molecule has 21 heavy (non-hydrogen) atoms. The molecule has 0 bridgehead atoms. The predicted molar refractivity (Wildman–Crippen MR) is 84.3 cm³/mol. The van der Waals surface area contributed by atoms with E-state index in [0.29, 0.717) is 6.42 Å². The number of aliphatic hydroxyl groups is 1. The van der Waals surface area contributed by atoms with Crippen molar-refractivity contribution in [3.8, 4) is 0 Å². The lowest BCUT2D eigenvalue weighted by Gasteiger charge is -2.35. The molecule has 1 fully saturated rings. The average Bonchev–Trinajstić information content (AvgIpc) is 2.95. The molecule has 4 nitrogen and oxygen atoms in total. The Labute approximate surface area is 130 Å². The summed E-state index contributed by atoms with van der Waals surface area (Å²) in [5.74, 6) is -0.196. The molecular formula is C16H25NO3S. The van der Waals surface area contributed by atoms with Crippen molar-refractivity contribution in [1.82, 2.24) is 5.32 Å². The molecule has 2 rings (SSSR count). The van der Waals surface area contributed by atoms with Gasteiger partial charge in [-0.25, -0.2) is 0 Å². The molecule has 0 saturated heterocycles. The second-order valence-electron chi connectivity index (χ2n) is 5.94. The minimum Gasteiger partial charge on any atom is -0.469 e. The molecule has 1 aliphatic rings. The van der Waals surface area contributed by atoms with Crippen LogP contribution in [0.5, 0.6) is 0 Å². The van der Waals surface area contributed by atoms with Crippen LogP contribution in [-0.2, 0) is 22.5 Å². The Kier molecular flexibility index (Phi) is 6.21. The van der Waals surface area contributed by atoms with Crippen LogP contribution in [0.25, 0.3) is 0 Å². The summed E-state index contributed by atoms with van der Waals surface area (Å²) in [6, 6.07) is 4.05. The Balaban J connectivity index is 1.79. The lowest BCUT2D eigenvalue weighted by molar-refractivity contribution is -0.139. The van der Waals surface area contributed by atoms with E-state index in [1.54, 1.807) is 11.3 Å². The monoisotopic (exact) mass is 311 g/mol. The van der Waals surface area contributed by atoms with Gasteiger partial charge in [-0.1, -0.05) is 19.3 Å². The highest BCUT2D eigenvalue weighted by molar-refractivity contribution is 7.12. The zero-order chi connectivity index (χ0) is 15.1. The van der Waals surface area contributed by atoms with Crippen LogP contribution < -0.4 is 5.32 Å². The number of rotatable bonds is 7. The van der Waals surface area contributed by atoms with Crippen LogP contribution >= 0.6 is 11.3 Å². The fourth-order valence-corrected chi connectivity index (χ4v) is 3.94. The fourth-order valence-electron chi connectivity index (χ4n) is 2.97. The van der Waals surface area contributed by atoms with Gasteiger partial charge in [0.25, 0.3) is 0 Å². The molecular weight excluding hydrogens is 286 g/mol. The van der Waals surface area contributed by atoms with E-state index < -0.39 is 0 Å². The summed E-state index contributed by atoms with van der Waals surface area (Å²) in [7, 11) is 1.41. The second-order valence-corrected chi connectivity index (χ2v) is 7.20. The summed E-state index contributed by atoms with van der Waals surface area (Å²) < 4.78 is 4.68. The number of thiophene rings is 1. The van der Waals surface area contributed by atoms with Gasteiger partial charge in [-0.3, -0.25) is 4.79 Å². The van der Waals surface area contributed by atoms with Gasteiger partial charge in [0, 0.05) is 34.9 Å². The quantitative estimate of drug-likeness (QED) is 0.760. The van der Waals surface area contributed by atoms with Crippen molar-refractivity contribution < 1.29 is 14.6 Å². The Morgan fingerprint density at radius 2 is 2.05 bits per heavy atom. The zero-order valence-electron chi connectivity index (χ0n) is 12.7. The maximum atomic E-state index is 11.2. The van der Waals surface area contributed by atoms with Gasteiger partial charge in [-0.05, 0) is 25.0 Å². The summed E-state index contributed by atoms with van der Waals surface area (Å²) in [4.78, 5) is 13.5. The van der Waals surface area contributed by atoms with E-state index in [4.69, 9.17) is 0 Å². The van der Waals surface area contributed by atoms with E-state index in [0.717, 1.165) is 30.8 Å². The van der Waals surface area contributed by atoms with Crippen LogP contribution in [0.3, 0.4) is 0 Å². The summed E-state index contributed by atoms with van der Waals surface area (Å²) in [6.45, 7) is 1.94. The second kappa shape index (κ2) is 7.92. The molecule has 0 atom stereocenters. The molecule has 2 N–H and O–H groups in total. The first-order valence-electron chi connectivity index (χ1n) is 7.63. The Morgan fingerprint density at radius 3 is 2.71 bits per heavy atom. The number of ether oxygens (including phenoxy) is 1. The third kappa shape index (κ3) is 4.80. The van der Waals surface area contributed by atoms with Gasteiger partial charge in [-0.15, -0.1) is 11.3 Å². The van der Waals surface area contributed by atoms with E-state index in [2.05, 4.69) is 16.1 Å².